The van der Waals surface area contributed by atoms with E-state index in [1.807, 2.05) is 13.8 Å². The number of hydrogen-bond acceptors (Lipinski definition) is 4. The van der Waals surface area contributed by atoms with Crippen molar-refractivity contribution < 1.29 is 4.79 Å². The summed E-state index contributed by atoms with van der Waals surface area (Å²) in [4.78, 5) is 20.7. The topological polar surface area (TPSA) is 72.1 Å². The molecular formula is C10H18N4O. The zero-order valence-electron chi connectivity index (χ0n) is 9.90. The Bertz CT molecular complexity index is 336. The molecule has 0 aliphatic heterocycles. The Labute approximate surface area is 90.3 Å². The van der Waals surface area contributed by atoms with Crippen molar-refractivity contribution in [1.82, 2.24) is 14.9 Å². The van der Waals surface area contributed by atoms with Crippen LogP contribution in [0.1, 0.15) is 30.0 Å². The molecule has 15 heavy (non-hydrogen) atoms. The zero-order chi connectivity index (χ0) is 12.0. The summed E-state index contributed by atoms with van der Waals surface area (Å²) in [7, 11) is 3.29. The van der Waals surface area contributed by atoms with E-state index < -0.39 is 0 Å². The first-order chi connectivity index (χ1) is 7.02. The van der Waals surface area contributed by atoms with Gasteiger partial charge in [0, 0.05) is 14.1 Å². The van der Waals surface area contributed by atoms with Crippen molar-refractivity contribution in [3.63, 3.8) is 0 Å². The number of aromatic nitrogens is 2. The summed E-state index contributed by atoms with van der Waals surface area (Å²) in [5.41, 5.74) is 6.40. The molecule has 0 fully saturated rings. The van der Waals surface area contributed by atoms with Crippen molar-refractivity contribution in [2.24, 2.45) is 0 Å². The smallest absolute Gasteiger partial charge is 0.275 e. The predicted octanol–water partition coefficient (Wildman–Crippen LogP) is 1.10. The van der Waals surface area contributed by atoms with Crippen LogP contribution in [-0.2, 0) is 0 Å². The van der Waals surface area contributed by atoms with Crippen LogP contribution in [-0.4, -0.2) is 34.9 Å². The molecule has 0 atom stereocenters. The van der Waals surface area contributed by atoms with E-state index in [0.717, 1.165) is 0 Å². The average Bonchev–Trinajstić information content (AvgIpc) is 2.23. The number of carbonyl (C=O) groups excluding carboxylic acids is 1. The number of rotatable bonds is 1. The predicted molar refractivity (Wildman–Crippen MR) is 60.5 cm³/mol. The lowest BCUT2D eigenvalue weighted by Crippen LogP contribution is -2.24. The van der Waals surface area contributed by atoms with Crippen molar-refractivity contribution in [2.75, 3.05) is 19.8 Å². The molecule has 2 N–H and O–H groups in total. The van der Waals surface area contributed by atoms with Crippen molar-refractivity contribution in [2.45, 2.75) is 20.8 Å². The van der Waals surface area contributed by atoms with Gasteiger partial charge >= 0.3 is 0 Å². The fourth-order valence-electron chi connectivity index (χ4n) is 0.856. The van der Waals surface area contributed by atoms with Crippen LogP contribution in [0.25, 0.3) is 0 Å². The van der Waals surface area contributed by atoms with Crippen LogP contribution >= 0.6 is 0 Å². The second kappa shape index (κ2) is 5.95. The van der Waals surface area contributed by atoms with E-state index in [-0.39, 0.29) is 17.4 Å². The highest BCUT2D eigenvalue weighted by Crippen LogP contribution is 2.07. The fourth-order valence-corrected chi connectivity index (χ4v) is 0.856. The molecule has 5 heteroatoms. The molecule has 0 bridgehead atoms. The van der Waals surface area contributed by atoms with Gasteiger partial charge in [0.15, 0.2) is 11.5 Å². The lowest BCUT2D eigenvalue weighted by Gasteiger charge is -2.10. The summed E-state index contributed by atoms with van der Waals surface area (Å²) in [5, 5.41) is 0. The van der Waals surface area contributed by atoms with Crippen molar-refractivity contribution in [1.29, 1.82) is 0 Å². The van der Waals surface area contributed by atoms with Crippen LogP contribution in [0.15, 0.2) is 6.20 Å². The summed E-state index contributed by atoms with van der Waals surface area (Å²) in [6, 6.07) is 0. The van der Waals surface area contributed by atoms with Gasteiger partial charge in [-0.3, -0.25) is 4.79 Å². The Morgan fingerprint density at radius 2 is 1.93 bits per heavy atom. The maximum absolute atomic E-state index is 11.5. The van der Waals surface area contributed by atoms with E-state index in [2.05, 4.69) is 9.97 Å². The molecule has 0 unspecified atom stereocenters. The van der Waals surface area contributed by atoms with Gasteiger partial charge in [-0.2, -0.15) is 0 Å². The molecule has 0 spiro atoms. The Morgan fingerprint density at radius 3 is 2.40 bits per heavy atom. The van der Waals surface area contributed by atoms with Crippen molar-refractivity contribution >= 4 is 11.7 Å². The Balaban J connectivity index is 0.000000921. The number of nitrogen functional groups attached to an aromatic ring is 1. The third-order valence-electron chi connectivity index (χ3n) is 1.53. The highest BCUT2D eigenvalue weighted by Gasteiger charge is 2.14. The first kappa shape index (κ1) is 13.4. The first-order valence-electron chi connectivity index (χ1n) is 4.83. The van der Waals surface area contributed by atoms with Gasteiger partial charge in [-0.15, -0.1) is 0 Å². The van der Waals surface area contributed by atoms with Gasteiger partial charge in [-0.05, 0) is 6.92 Å². The van der Waals surface area contributed by atoms with E-state index in [0.29, 0.717) is 5.69 Å². The SMILES string of the molecule is CC.Cc1cnc(N)c(C(=O)N(C)C)n1. The van der Waals surface area contributed by atoms with Crippen molar-refractivity contribution in [3.05, 3.63) is 17.6 Å². The van der Waals surface area contributed by atoms with Gasteiger partial charge in [0.05, 0.1) is 11.9 Å². The number of aryl methyl sites for hydroxylation is 1. The third kappa shape index (κ3) is 3.53. The molecule has 0 aromatic carbocycles. The lowest BCUT2D eigenvalue weighted by molar-refractivity contribution is 0.0822. The van der Waals surface area contributed by atoms with E-state index >= 15 is 0 Å². The second-order valence-corrected chi connectivity index (χ2v) is 2.94. The standard InChI is InChI=1S/C8H12N4O.C2H6/c1-5-4-10-7(9)6(11-5)8(13)12(2)3;1-2/h4H,1-3H3,(H2,9,10);1-2H3. The molecule has 5 nitrogen and oxygen atoms in total. The summed E-state index contributed by atoms with van der Waals surface area (Å²) in [5.74, 6) is -0.0574. The molecule has 1 aromatic heterocycles. The quantitative estimate of drug-likeness (QED) is 0.753. The van der Waals surface area contributed by atoms with Gasteiger partial charge in [-0.25, -0.2) is 9.97 Å². The Kier molecular flexibility index (Phi) is 5.30. The largest absolute Gasteiger partial charge is 0.382 e. The molecular weight excluding hydrogens is 192 g/mol. The van der Waals surface area contributed by atoms with Gasteiger partial charge in [0.25, 0.3) is 5.91 Å². The maximum atomic E-state index is 11.5. The van der Waals surface area contributed by atoms with E-state index in [1.165, 1.54) is 11.1 Å². The summed E-state index contributed by atoms with van der Waals surface area (Å²) in [6.45, 7) is 5.76. The van der Waals surface area contributed by atoms with E-state index in [9.17, 15) is 4.79 Å². The Morgan fingerprint density at radius 1 is 1.40 bits per heavy atom. The molecule has 0 saturated heterocycles. The lowest BCUT2D eigenvalue weighted by atomic mass is 10.3. The number of hydrogen-bond donors (Lipinski definition) is 1. The minimum Gasteiger partial charge on any atom is -0.382 e. The highest BCUT2D eigenvalue weighted by atomic mass is 16.2. The Hall–Kier alpha value is -1.65. The zero-order valence-corrected chi connectivity index (χ0v) is 9.90. The minimum absolute atomic E-state index is 0.171. The number of carbonyl (C=O) groups is 1. The van der Waals surface area contributed by atoms with Crippen LogP contribution in [0.4, 0.5) is 5.82 Å². The van der Waals surface area contributed by atoms with E-state index in [4.69, 9.17) is 5.73 Å². The molecule has 0 saturated carbocycles. The van der Waals surface area contributed by atoms with Gasteiger partial charge < -0.3 is 10.6 Å². The minimum atomic E-state index is -0.228. The number of anilines is 1. The molecule has 84 valence electrons. The summed E-state index contributed by atoms with van der Waals surface area (Å²) >= 11 is 0. The average molecular weight is 210 g/mol. The van der Waals surface area contributed by atoms with Crippen LogP contribution in [0.5, 0.6) is 0 Å². The number of amides is 1. The monoisotopic (exact) mass is 210 g/mol. The third-order valence-corrected chi connectivity index (χ3v) is 1.53. The molecule has 0 aliphatic carbocycles. The van der Waals surface area contributed by atoms with Crippen LogP contribution in [0.3, 0.4) is 0 Å². The van der Waals surface area contributed by atoms with Crippen LogP contribution < -0.4 is 5.73 Å². The number of nitrogens with two attached hydrogens (primary N) is 1. The molecule has 0 aliphatic rings. The summed E-state index contributed by atoms with van der Waals surface area (Å²) < 4.78 is 0. The maximum Gasteiger partial charge on any atom is 0.275 e. The molecule has 1 rings (SSSR count). The van der Waals surface area contributed by atoms with Crippen LogP contribution in [0.2, 0.25) is 0 Å². The van der Waals surface area contributed by atoms with Gasteiger partial charge in [0.1, 0.15) is 0 Å². The van der Waals surface area contributed by atoms with Crippen LogP contribution in [0, 0.1) is 6.92 Å². The second-order valence-electron chi connectivity index (χ2n) is 2.94. The van der Waals surface area contributed by atoms with Crippen molar-refractivity contribution in [3.8, 4) is 0 Å². The normalized spacial score (nSPS) is 8.87. The highest BCUT2D eigenvalue weighted by molar-refractivity contribution is 5.95. The fraction of sp³-hybridized carbons (Fsp3) is 0.500. The number of nitrogens with zero attached hydrogens (tertiary/aromatic N) is 3. The molecule has 0 radical (unpaired) electrons. The molecule has 1 amide bonds. The molecule has 1 heterocycles. The first-order valence-corrected chi connectivity index (χ1v) is 4.83. The van der Waals surface area contributed by atoms with E-state index in [1.54, 1.807) is 21.0 Å². The van der Waals surface area contributed by atoms with Gasteiger partial charge in [-0.1, -0.05) is 13.8 Å². The van der Waals surface area contributed by atoms with Gasteiger partial charge in [0.2, 0.25) is 0 Å². The molecule has 1 aromatic rings. The summed E-state index contributed by atoms with van der Waals surface area (Å²) in [6.07, 6.45) is 1.53.